The number of carbonyl (C=O) groups is 1. The van der Waals surface area contributed by atoms with Crippen LogP contribution in [0.15, 0.2) is 30.3 Å². The highest BCUT2D eigenvalue weighted by Gasteiger charge is 1.90. The van der Waals surface area contributed by atoms with Gasteiger partial charge in [0.25, 0.3) is 5.97 Å². The average Bonchev–Trinajstić information content (AvgIpc) is 2.18. The topological polar surface area (TPSA) is 85.2 Å². The molecule has 5 nitrogen and oxygen atoms in total. The van der Waals surface area contributed by atoms with Gasteiger partial charge in [0.05, 0.1) is 0 Å². The molecule has 0 amide bonds. The molecule has 1 aromatic rings. The van der Waals surface area contributed by atoms with Crippen molar-refractivity contribution in [3.63, 3.8) is 0 Å². The fraction of sp³-hybridized carbons (Fsp3) is 0.200. The quantitative estimate of drug-likeness (QED) is 0.415. The van der Waals surface area contributed by atoms with Gasteiger partial charge in [-0.2, -0.15) is 0 Å². The molecule has 0 aliphatic rings. The third kappa shape index (κ3) is 8.29. The zero-order chi connectivity index (χ0) is 11.7. The fourth-order valence-electron chi connectivity index (χ4n) is 0.728. The van der Waals surface area contributed by atoms with E-state index < -0.39 is 5.97 Å². The number of hydrogen-bond donors (Lipinski definition) is 4. The molecule has 0 fully saturated rings. The minimum Gasteiger partial charge on any atom is -0.481 e. The Bertz CT molecular complexity index is 308. The average molecular weight is 209 g/mol. The second-order valence-electron chi connectivity index (χ2n) is 2.64. The molecule has 0 saturated heterocycles. The SMILES string of the molecule is CC(=O)O.CNC(=N)Nc1ccccc1. The molecular formula is C10H15N3O2. The van der Waals surface area contributed by atoms with Crippen molar-refractivity contribution in [1.82, 2.24) is 5.32 Å². The van der Waals surface area contributed by atoms with E-state index in [0.717, 1.165) is 12.6 Å². The Morgan fingerprint density at radius 3 is 2.20 bits per heavy atom. The molecule has 0 spiro atoms. The van der Waals surface area contributed by atoms with Crippen LogP contribution in [0.3, 0.4) is 0 Å². The maximum atomic E-state index is 9.00. The van der Waals surface area contributed by atoms with Crippen LogP contribution in [0.25, 0.3) is 0 Å². The number of hydrogen-bond acceptors (Lipinski definition) is 2. The largest absolute Gasteiger partial charge is 0.481 e. The van der Waals surface area contributed by atoms with Crippen molar-refractivity contribution in [2.45, 2.75) is 6.92 Å². The van der Waals surface area contributed by atoms with Gasteiger partial charge in [0.1, 0.15) is 0 Å². The highest BCUT2D eigenvalue weighted by atomic mass is 16.4. The van der Waals surface area contributed by atoms with Gasteiger partial charge in [-0.25, -0.2) is 0 Å². The zero-order valence-electron chi connectivity index (χ0n) is 8.74. The van der Waals surface area contributed by atoms with Crippen LogP contribution < -0.4 is 10.6 Å². The number of aliphatic carboxylic acids is 1. The second kappa shape index (κ2) is 7.37. The fourth-order valence-corrected chi connectivity index (χ4v) is 0.728. The van der Waals surface area contributed by atoms with Crippen molar-refractivity contribution in [1.29, 1.82) is 5.41 Å². The molecule has 1 aromatic carbocycles. The summed E-state index contributed by atoms with van der Waals surface area (Å²) in [6.07, 6.45) is 0. The number of carboxylic acids is 1. The maximum absolute atomic E-state index is 9.00. The summed E-state index contributed by atoms with van der Waals surface area (Å²) >= 11 is 0. The standard InChI is InChI=1S/C8H11N3.C2H4O2/c1-10-8(9)11-7-5-3-2-4-6-7;1-2(3)4/h2-6H,1H3,(H3,9,10,11);1H3,(H,3,4). The number of rotatable bonds is 1. The van der Waals surface area contributed by atoms with Gasteiger partial charge >= 0.3 is 0 Å². The summed E-state index contributed by atoms with van der Waals surface area (Å²) in [5.74, 6) is -0.531. The predicted octanol–water partition coefficient (Wildman–Crippen LogP) is 1.34. The Morgan fingerprint density at radius 1 is 1.33 bits per heavy atom. The summed E-state index contributed by atoms with van der Waals surface area (Å²) in [5.41, 5.74) is 0.923. The Hall–Kier alpha value is -2.04. The van der Waals surface area contributed by atoms with E-state index in [1.807, 2.05) is 30.3 Å². The molecule has 15 heavy (non-hydrogen) atoms. The molecule has 0 bridgehead atoms. The molecule has 0 saturated carbocycles. The third-order valence-electron chi connectivity index (χ3n) is 1.29. The molecule has 0 aromatic heterocycles. The van der Waals surface area contributed by atoms with Crippen LogP contribution in [0.4, 0.5) is 5.69 Å². The molecule has 5 heteroatoms. The van der Waals surface area contributed by atoms with E-state index in [1.165, 1.54) is 0 Å². The second-order valence-corrected chi connectivity index (χ2v) is 2.64. The van der Waals surface area contributed by atoms with E-state index in [0.29, 0.717) is 5.96 Å². The maximum Gasteiger partial charge on any atom is 0.300 e. The lowest BCUT2D eigenvalue weighted by Gasteiger charge is -2.05. The van der Waals surface area contributed by atoms with E-state index in [1.54, 1.807) is 7.05 Å². The van der Waals surface area contributed by atoms with Crippen molar-refractivity contribution < 1.29 is 9.90 Å². The lowest BCUT2D eigenvalue weighted by Crippen LogP contribution is -2.25. The van der Waals surface area contributed by atoms with E-state index in [9.17, 15) is 0 Å². The van der Waals surface area contributed by atoms with Gasteiger partial charge in [0.15, 0.2) is 5.96 Å². The van der Waals surface area contributed by atoms with Gasteiger partial charge in [-0.15, -0.1) is 0 Å². The van der Waals surface area contributed by atoms with Crippen molar-refractivity contribution >= 4 is 17.6 Å². The van der Waals surface area contributed by atoms with Crippen LogP contribution >= 0.6 is 0 Å². The van der Waals surface area contributed by atoms with Crippen LogP contribution in [-0.2, 0) is 4.79 Å². The number of para-hydroxylation sites is 1. The van der Waals surface area contributed by atoms with Crippen LogP contribution in [0.2, 0.25) is 0 Å². The monoisotopic (exact) mass is 209 g/mol. The van der Waals surface area contributed by atoms with Gasteiger partial charge < -0.3 is 15.7 Å². The molecule has 4 N–H and O–H groups in total. The lowest BCUT2D eigenvalue weighted by molar-refractivity contribution is -0.134. The van der Waals surface area contributed by atoms with Gasteiger partial charge in [-0.3, -0.25) is 10.2 Å². The van der Waals surface area contributed by atoms with Crippen molar-refractivity contribution in [3.8, 4) is 0 Å². The molecule has 0 atom stereocenters. The molecule has 0 radical (unpaired) electrons. The number of nitrogens with one attached hydrogen (secondary N) is 3. The highest BCUT2D eigenvalue weighted by molar-refractivity contribution is 5.90. The summed E-state index contributed by atoms with van der Waals surface area (Å²) in [4.78, 5) is 9.00. The molecule has 0 heterocycles. The smallest absolute Gasteiger partial charge is 0.300 e. The van der Waals surface area contributed by atoms with Crippen LogP contribution in [0.1, 0.15) is 6.92 Å². The zero-order valence-corrected chi connectivity index (χ0v) is 8.74. The number of anilines is 1. The normalized spacial score (nSPS) is 8.13. The Labute approximate surface area is 88.6 Å². The Kier molecular flexibility index (Phi) is 6.37. The first kappa shape index (κ1) is 13.0. The van der Waals surface area contributed by atoms with Crippen molar-refractivity contribution in [3.05, 3.63) is 30.3 Å². The van der Waals surface area contributed by atoms with Crippen LogP contribution in [-0.4, -0.2) is 24.1 Å². The Balaban J connectivity index is 0.000000423. The number of carboxylic acid groups (broad SMARTS) is 1. The summed E-state index contributed by atoms with van der Waals surface area (Å²) in [5, 5.41) is 20.2. The number of benzene rings is 1. The highest BCUT2D eigenvalue weighted by Crippen LogP contribution is 2.03. The molecular weight excluding hydrogens is 194 g/mol. The van der Waals surface area contributed by atoms with Gasteiger partial charge in [-0.1, -0.05) is 18.2 Å². The van der Waals surface area contributed by atoms with E-state index in [-0.39, 0.29) is 0 Å². The molecule has 0 aliphatic heterocycles. The van der Waals surface area contributed by atoms with Crippen molar-refractivity contribution in [2.75, 3.05) is 12.4 Å². The predicted molar refractivity (Wildman–Crippen MR) is 60.2 cm³/mol. The summed E-state index contributed by atoms with van der Waals surface area (Å²) in [6, 6.07) is 9.60. The van der Waals surface area contributed by atoms with E-state index >= 15 is 0 Å². The third-order valence-corrected chi connectivity index (χ3v) is 1.29. The van der Waals surface area contributed by atoms with Gasteiger partial charge in [0, 0.05) is 19.7 Å². The minimum absolute atomic E-state index is 0.302. The van der Waals surface area contributed by atoms with E-state index in [2.05, 4.69) is 10.6 Å². The summed E-state index contributed by atoms with van der Waals surface area (Å²) in [6.45, 7) is 1.08. The first-order chi connectivity index (χ1) is 7.06. The van der Waals surface area contributed by atoms with Crippen molar-refractivity contribution in [2.24, 2.45) is 0 Å². The van der Waals surface area contributed by atoms with Gasteiger partial charge in [-0.05, 0) is 12.1 Å². The molecule has 1 rings (SSSR count). The minimum atomic E-state index is -0.833. The molecule has 82 valence electrons. The summed E-state index contributed by atoms with van der Waals surface area (Å²) < 4.78 is 0. The first-order valence-electron chi connectivity index (χ1n) is 4.34. The van der Waals surface area contributed by atoms with E-state index in [4.69, 9.17) is 15.3 Å². The molecule has 0 unspecified atom stereocenters. The first-order valence-corrected chi connectivity index (χ1v) is 4.34. The Morgan fingerprint density at radius 2 is 1.80 bits per heavy atom. The molecule has 0 aliphatic carbocycles. The van der Waals surface area contributed by atoms with Gasteiger partial charge in [0.2, 0.25) is 0 Å². The number of guanidine groups is 1. The van der Waals surface area contributed by atoms with Crippen LogP contribution in [0.5, 0.6) is 0 Å². The summed E-state index contributed by atoms with van der Waals surface area (Å²) in [7, 11) is 1.71. The van der Waals surface area contributed by atoms with Crippen LogP contribution in [0, 0.1) is 5.41 Å². The lowest BCUT2D eigenvalue weighted by atomic mass is 10.3.